The minimum Gasteiger partial charge on any atom is -0.346 e. The topological polar surface area (TPSA) is 61.5 Å². The average molecular weight is 149 g/mol. The molecule has 4 nitrogen and oxygen atoms in total. The first-order chi connectivity index (χ1) is 5.27. The second kappa shape index (κ2) is 1.95. The van der Waals surface area contributed by atoms with E-state index in [1.807, 2.05) is 13.0 Å². The maximum absolute atomic E-state index is 10.8. The zero-order valence-electron chi connectivity index (χ0n) is 6.01. The van der Waals surface area contributed by atoms with Crippen LogP contribution >= 0.6 is 0 Å². The van der Waals surface area contributed by atoms with E-state index in [-0.39, 0.29) is 5.69 Å². The standard InChI is InChI=1S/C7H7N3O/c1-4-5-2-3-8-6(5)10-7(11)9-4/h2-3H,1H3,(H2,8,9,10,11). The predicted octanol–water partition coefficient (Wildman–Crippen LogP) is 0.560. The maximum atomic E-state index is 10.8. The minimum atomic E-state index is -0.308. The molecule has 0 saturated carbocycles. The van der Waals surface area contributed by atoms with Crippen LogP contribution in [0.1, 0.15) is 5.69 Å². The van der Waals surface area contributed by atoms with E-state index in [1.165, 1.54) is 0 Å². The molecule has 2 rings (SSSR count). The third-order valence-corrected chi connectivity index (χ3v) is 1.64. The van der Waals surface area contributed by atoms with Gasteiger partial charge >= 0.3 is 5.69 Å². The molecule has 11 heavy (non-hydrogen) atoms. The fourth-order valence-electron chi connectivity index (χ4n) is 1.11. The third kappa shape index (κ3) is 0.832. The van der Waals surface area contributed by atoms with Crippen LogP contribution in [0.3, 0.4) is 0 Å². The molecule has 0 bridgehead atoms. The number of rotatable bonds is 0. The number of fused-ring (bicyclic) bond motifs is 1. The summed E-state index contributed by atoms with van der Waals surface area (Å²) in [5, 5.41) is 0.963. The Balaban J connectivity index is 3.02. The van der Waals surface area contributed by atoms with Gasteiger partial charge in [-0.05, 0) is 13.0 Å². The Morgan fingerprint density at radius 2 is 2.36 bits per heavy atom. The molecule has 0 amide bonds. The molecule has 0 spiro atoms. The highest BCUT2D eigenvalue weighted by molar-refractivity contribution is 5.77. The summed E-state index contributed by atoms with van der Waals surface area (Å²) in [7, 11) is 0. The van der Waals surface area contributed by atoms with Crippen LogP contribution in [0.25, 0.3) is 11.0 Å². The van der Waals surface area contributed by atoms with Crippen LogP contribution in [0.5, 0.6) is 0 Å². The second-order valence-electron chi connectivity index (χ2n) is 2.41. The smallest absolute Gasteiger partial charge is 0.346 e. The highest BCUT2D eigenvalue weighted by atomic mass is 16.1. The lowest BCUT2D eigenvalue weighted by atomic mass is 10.3. The van der Waals surface area contributed by atoms with Crippen LogP contribution in [0, 0.1) is 6.92 Å². The van der Waals surface area contributed by atoms with E-state index < -0.39 is 0 Å². The Bertz CT molecular complexity index is 440. The summed E-state index contributed by atoms with van der Waals surface area (Å²) in [6.07, 6.45) is 1.76. The first-order valence-electron chi connectivity index (χ1n) is 3.31. The molecule has 2 aromatic rings. The number of nitrogens with zero attached hydrogens (tertiary/aromatic N) is 1. The SMILES string of the molecule is Cc1[nH]c(=O)nc2[nH]ccc12. The zero-order chi connectivity index (χ0) is 7.84. The van der Waals surface area contributed by atoms with E-state index in [1.54, 1.807) is 6.20 Å². The fraction of sp³-hybridized carbons (Fsp3) is 0.143. The van der Waals surface area contributed by atoms with Crippen molar-refractivity contribution < 1.29 is 0 Å². The van der Waals surface area contributed by atoms with E-state index >= 15 is 0 Å². The van der Waals surface area contributed by atoms with Crippen molar-refractivity contribution in [3.63, 3.8) is 0 Å². The summed E-state index contributed by atoms with van der Waals surface area (Å²) in [6.45, 7) is 1.85. The lowest BCUT2D eigenvalue weighted by Crippen LogP contribution is -2.10. The van der Waals surface area contributed by atoms with E-state index in [0.29, 0.717) is 5.65 Å². The quantitative estimate of drug-likeness (QED) is 0.574. The second-order valence-corrected chi connectivity index (χ2v) is 2.41. The van der Waals surface area contributed by atoms with Gasteiger partial charge in [0.25, 0.3) is 0 Å². The van der Waals surface area contributed by atoms with Crippen molar-refractivity contribution in [2.45, 2.75) is 6.92 Å². The average Bonchev–Trinajstić information content (AvgIpc) is 2.34. The number of hydrogen-bond acceptors (Lipinski definition) is 2. The molecule has 0 aliphatic carbocycles. The number of hydrogen-bond donors (Lipinski definition) is 2. The van der Waals surface area contributed by atoms with Gasteiger partial charge in [-0.1, -0.05) is 0 Å². The Hall–Kier alpha value is -1.58. The molecule has 0 aromatic carbocycles. The van der Waals surface area contributed by atoms with Crippen molar-refractivity contribution in [2.24, 2.45) is 0 Å². The number of aryl methyl sites for hydroxylation is 1. The number of nitrogens with one attached hydrogen (secondary N) is 2. The largest absolute Gasteiger partial charge is 0.347 e. The van der Waals surface area contributed by atoms with Crippen LogP contribution < -0.4 is 5.69 Å². The normalized spacial score (nSPS) is 10.6. The predicted molar refractivity (Wildman–Crippen MR) is 41.5 cm³/mol. The highest BCUT2D eigenvalue weighted by Gasteiger charge is 1.99. The lowest BCUT2D eigenvalue weighted by Gasteiger charge is -1.91. The van der Waals surface area contributed by atoms with Crippen molar-refractivity contribution in [2.75, 3.05) is 0 Å². The Morgan fingerprint density at radius 3 is 3.18 bits per heavy atom. The van der Waals surface area contributed by atoms with Gasteiger partial charge in [-0.2, -0.15) is 4.98 Å². The van der Waals surface area contributed by atoms with Gasteiger partial charge in [0.2, 0.25) is 0 Å². The number of aromatic nitrogens is 3. The Kier molecular flexibility index (Phi) is 1.09. The molecule has 4 heteroatoms. The summed E-state index contributed by atoms with van der Waals surface area (Å²) in [5.74, 6) is 0. The number of aromatic amines is 2. The molecule has 56 valence electrons. The van der Waals surface area contributed by atoms with Crippen molar-refractivity contribution >= 4 is 11.0 Å². The molecule has 0 saturated heterocycles. The number of H-pyrrole nitrogens is 2. The van der Waals surface area contributed by atoms with Crippen molar-refractivity contribution in [3.05, 3.63) is 28.4 Å². The third-order valence-electron chi connectivity index (χ3n) is 1.64. The molecular formula is C7H7N3O. The van der Waals surface area contributed by atoms with E-state index in [0.717, 1.165) is 11.1 Å². The van der Waals surface area contributed by atoms with Crippen LogP contribution in [0.15, 0.2) is 17.1 Å². The molecule has 2 N–H and O–H groups in total. The van der Waals surface area contributed by atoms with Gasteiger partial charge in [-0.3, -0.25) is 0 Å². The molecule has 2 heterocycles. The van der Waals surface area contributed by atoms with Crippen LogP contribution in [0.4, 0.5) is 0 Å². The van der Waals surface area contributed by atoms with Crippen LogP contribution in [0.2, 0.25) is 0 Å². The summed E-state index contributed by atoms with van der Waals surface area (Å²) < 4.78 is 0. The van der Waals surface area contributed by atoms with Gasteiger partial charge in [0.15, 0.2) is 0 Å². The van der Waals surface area contributed by atoms with Gasteiger partial charge in [0.1, 0.15) is 5.65 Å². The molecule has 0 fully saturated rings. The fourth-order valence-corrected chi connectivity index (χ4v) is 1.11. The lowest BCUT2D eigenvalue weighted by molar-refractivity contribution is 1.06. The van der Waals surface area contributed by atoms with Crippen molar-refractivity contribution in [1.82, 2.24) is 15.0 Å². The summed E-state index contributed by atoms with van der Waals surface area (Å²) in [5.41, 5.74) is 1.19. The van der Waals surface area contributed by atoms with Crippen molar-refractivity contribution in [1.29, 1.82) is 0 Å². The van der Waals surface area contributed by atoms with E-state index in [4.69, 9.17) is 0 Å². The molecule has 2 aromatic heterocycles. The van der Waals surface area contributed by atoms with Gasteiger partial charge in [-0.15, -0.1) is 0 Å². The first-order valence-corrected chi connectivity index (χ1v) is 3.31. The minimum absolute atomic E-state index is 0.308. The van der Waals surface area contributed by atoms with Crippen LogP contribution in [-0.4, -0.2) is 15.0 Å². The van der Waals surface area contributed by atoms with Gasteiger partial charge in [0, 0.05) is 17.3 Å². The van der Waals surface area contributed by atoms with Gasteiger partial charge in [0.05, 0.1) is 0 Å². The van der Waals surface area contributed by atoms with E-state index in [9.17, 15) is 4.79 Å². The molecule has 0 aliphatic rings. The van der Waals surface area contributed by atoms with E-state index in [2.05, 4.69) is 15.0 Å². The summed E-state index contributed by atoms with van der Waals surface area (Å²) >= 11 is 0. The van der Waals surface area contributed by atoms with Gasteiger partial charge in [-0.25, -0.2) is 4.79 Å². The molecule has 0 radical (unpaired) electrons. The monoisotopic (exact) mass is 149 g/mol. The molecule has 0 atom stereocenters. The Labute approximate surface area is 62.3 Å². The zero-order valence-corrected chi connectivity index (χ0v) is 6.01. The molecule has 0 aliphatic heterocycles. The highest BCUT2D eigenvalue weighted by Crippen LogP contribution is 2.08. The van der Waals surface area contributed by atoms with Gasteiger partial charge < -0.3 is 9.97 Å². The van der Waals surface area contributed by atoms with Crippen molar-refractivity contribution in [3.8, 4) is 0 Å². The Morgan fingerprint density at radius 1 is 1.55 bits per heavy atom. The first kappa shape index (κ1) is 6.15. The van der Waals surface area contributed by atoms with Crippen LogP contribution in [-0.2, 0) is 0 Å². The molecular weight excluding hydrogens is 142 g/mol. The molecule has 0 unspecified atom stereocenters. The summed E-state index contributed by atoms with van der Waals surface area (Å²) in [6, 6.07) is 1.88. The summed E-state index contributed by atoms with van der Waals surface area (Å²) in [4.78, 5) is 20.0. The maximum Gasteiger partial charge on any atom is 0.347 e.